The van der Waals surface area contributed by atoms with Gasteiger partial charge in [0.15, 0.2) is 5.96 Å². The number of hydrogen-bond donors (Lipinski definition) is 2. The average molecular weight is 568 g/mol. The quantitative estimate of drug-likeness (QED) is 0.282. The molecule has 6 nitrogen and oxygen atoms in total. The van der Waals surface area contributed by atoms with E-state index in [9.17, 15) is 0 Å². The summed E-state index contributed by atoms with van der Waals surface area (Å²) in [6.45, 7) is 9.13. The van der Waals surface area contributed by atoms with E-state index >= 15 is 0 Å². The average Bonchev–Trinajstić information content (AvgIpc) is 3.56. The Morgan fingerprint density at radius 2 is 2.03 bits per heavy atom. The molecule has 1 atom stereocenters. The molecular weight excluding hydrogens is 533 g/mol. The molecule has 32 heavy (non-hydrogen) atoms. The highest BCUT2D eigenvalue weighted by molar-refractivity contribution is 14.0. The zero-order valence-corrected chi connectivity index (χ0v) is 22.1. The lowest BCUT2D eigenvalue weighted by Crippen LogP contribution is -2.41. The van der Waals surface area contributed by atoms with Gasteiger partial charge >= 0.3 is 0 Å². The third-order valence-corrected chi connectivity index (χ3v) is 7.09. The van der Waals surface area contributed by atoms with E-state index in [1.54, 1.807) is 0 Å². The summed E-state index contributed by atoms with van der Waals surface area (Å²) < 4.78 is 5.91. The van der Waals surface area contributed by atoms with E-state index < -0.39 is 0 Å². The van der Waals surface area contributed by atoms with Gasteiger partial charge in [-0.05, 0) is 50.5 Å². The fraction of sp³-hybridized carbons (Fsp3) is 0.500. The number of rotatable bonds is 8. The lowest BCUT2D eigenvalue weighted by Gasteiger charge is -2.32. The zero-order chi connectivity index (χ0) is 21.5. The first-order valence-corrected chi connectivity index (χ1v) is 12.1. The number of nitrogens with one attached hydrogen (secondary N) is 2. The molecule has 2 aliphatic rings. The molecule has 1 saturated heterocycles. The third kappa shape index (κ3) is 7.25. The van der Waals surface area contributed by atoms with Gasteiger partial charge in [-0.2, -0.15) is 0 Å². The Labute approximate surface area is 213 Å². The molecular formula is C24H34IN5OS. The molecule has 174 valence electrons. The fourth-order valence-corrected chi connectivity index (χ4v) is 4.92. The van der Waals surface area contributed by atoms with Gasteiger partial charge in [0.1, 0.15) is 5.82 Å². The Bertz CT molecular complexity index is 860. The molecule has 0 spiro atoms. The topological polar surface area (TPSA) is 61.8 Å². The number of anilines is 1. The van der Waals surface area contributed by atoms with E-state index in [-0.39, 0.29) is 34.8 Å². The molecule has 1 saturated carbocycles. The molecule has 1 aliphatic heterocycles. The summed E-state index contributed by atoms with van der Waals surface area (Å²) in [6.07, 6.45) is 4.67. The van der Waals surface area contributed by atoms with Crippen LogP contribution >= 0.6 is 35.7 Å². The molecule has 4 rings (SSSR count). The van der Waals surface area contributed by atoms with Crippen LogP contribution in [0.15, 0.2) is 58.5 Å². The molecule has 1 aromatic heterocycles. The summed E-state index contributed by atoms with van der Waals surface area (Å²) in [5, 5.41) is 6.93. The van der Waals surface area contributed by atoms with Crippen molar-refractivity contribution in [3.05, 3.63) is 54.2 Å². The van der Waals surface area contributed by atoms with E-state index in [0.717, 1.165) is 50.1 Å². The van der Waals surface area contributed by atoms with Crippen molar-refractivity contribution < 1.29 is 4.74 Å². The largest absolute Gasteiger partial charge is 0.375 e. The predicted octanol–water partition coefficient (Wildman–Crippen LogP) is 4.30. The first kappa shape index (κ1) is 25.1. The Hall–Kier alpha value is -1.52. The van der Waals surface area contributed by atoms with Crippen LogP contribution in [0, 0.1) is 0 Å². The van der Waals surface area contributed by atoms with Crippen LogP contribution in [0.25, 0.3) is 0 Å². The minimum atomic E-state index is 0. The highest BCUT2D eigenvalue weighted by atomic mass is 127. The predicted molar refractivity (Wildman–Crippen MR) is 144 cm³/mol. The minimum Gasteiger partial charge on any atom is -0.375 e. The lowest BCUT2D eigenvalue weighted by atomic mass is 10.2. The molecule has 1 aliphatic carbocycles. The monoisotopic (exact) mass is 567 g/mol. The van der Waals surface area contributed by atoms with E-state index in [1.165, 1.54) is 17.7 Å². The molecule has 2 aromatic rings. The van der Waals surface area contributed by atoms with Crippen molar-refractivity contribution in [1.29, 1.82) is 0 Å². The van der Waals surface area contributed by atoms with Crippen LogP contribution in [-0.2, 0) is 11.3 Å². The van der Waals surface area contributed by atoms with Gasteiger partial charge in [0.05, 0.1) is 19.3 Å². The van der Waals surface area contributed by atoms with Gasteiger partial charge in [-0.25, -0.2) is 9.98 Å². The number of pyridine rings is 1. The fourth-order valence-electron chi connectivity index (χ4n) is 3.67. The normalized spacial score (nSPS) is 19.8. The first-order chi connectivity index (χ1) is 15.2. The standard InChI is InChI=1S/C24H33N5OS.HI/c1-3-25-23(28-18-24(11-12-24)31-21-7-5-4-6-8-21)27-16-20-9-10-22(26-15-20)29-13-14-30-19(2)17-29;/h4-10,15,19H,3,11-14,16-18H2,1-2H3,(H2,25,27,28);1H. The van der Waals surface area contributed by atoms with Crippen molar-refractivity contribution >= 4 is 47.5 Å². The maximum absolute atomic E-state index is 5.62. The zero-order valence-electron chi connectivity index (χ0n) is 18.9. The number of benzene rings is 1. The molecule has 0 radical (unpaired) electrons. The highest BCUT2D eigenvalue weighted by Gasteiger charge is 2.43. The van der Waals surface area contributed by atoms with Crippen LogP contribution in [0.3, 0.4) is 0 Å². The van der Waals surface area contributed by atoms with E-state index in [4.69, 9.17) is 9.73 Å². The second-order valence-corrected chi connectivity index (χ2v) is 9.84. The number of aliphatic imine (C=N–C) groups is 1. The number of thioether (sulfide) groups is 1. The van der Waals surface area contributed by atoms with Crippen LogP contribution in [0.5, 0.6) is 0 Å². The van der Waals surface area contributed by atoms with Crippen molar-refractivity contribution in [3.8, 4) is 0 Å². The minimum absolute atomic E-state index is 0. The van der Waals surface area contributed by atoms with Crippen molar-refractivity contribution in [2.24, 2.45) is 4.99 Å². The number of morpholine rings is 1. The molecule has 0 amide bonds. The SMILES string of the molecule is CCNC(=NCc1ccc(N2CCOC(C)C2)nc1)NCC1(Sc2ccccc2)CC1.I. The van der Waals surface area contributed by atoms with Gasteiger partial charge in [-0.15, -0.1) is 35.7 Å². The Morgan fingerprint density at radius 3 is 2.69 bits per heavy atom. The van der Waals surface area contributed by atoms with Crippen LogP contribution < -0.4 is 15.5 Å². The molecule has 0 bridgehead atoms. The van der Waals surface area contributed by atoms with Crippen molar-refractivity contribution in [3.63, 3.8) is 0 Å². The number of ether oxygens (including phenoxy) is 1. The highest BCUT2D eigenvalue weighted by Crippen LogP contribution is 2.51. The Morgan fingerprint density at radius 1 is 1.22 bits per heavy atom. The van der Waals surface area contributed by atoms with E-state index in [1.807, 2.05) is 18.0 Å². The number of nitrogens with zero attached hydrogens (tertiary/aromatic N) is 3. The lowest BCUT2D eigenvalue weighted by molar-refractivity contribution is 0.0529. The molecule has 8 heteroatoms. The Kier molecular flexibility index (Phi) is 9.48. The van der Waals surface area contributed by atoms with Crippen molar-refractivity contribution in [2.45, 2.75) is 49.0 Å². The molecule has 2 N–H and O–H groups in total. The summed E-state index contributed by atoms with van der Waals surface area (Å²) >= 11 is 1.98. The summed E-state index contributed by atoms with van der Waals surface area (Å²) in [5.41, 5.74) is 1.11. The third-order valence-electron chi connectivity index (χ3n) is 5.60. The second kappa shape index (κ2) is 12.1. The van der Waals surface area contributed by atoms with Gasteiger partial charge in [-0.1, -0.05) is 24.3 Å². The molecule has 1 unspecified atom stereocenters. The molecule has 2 heterocycles. The summed E-state index contributed by atoms with van der Waals surface area (Å²) in [6, 6.07) is 14.9. The van der Waals surface area contributed by atoms with Crippen molar-refractivity contribution in [2.75, 3.05) is 37.7 Å². The number of aromatic nitrogens is 1. The summed E-state index contributed by atoms with van der Waals surface area (Å²) in [4.78, 5) is 13.1. The number of halogens is 1. The van der Waals surface area contributed by atoms with Gasteiger partial charge < -0.3 is 20.3 Å². The van der Waals surface area contributed by atoms with Crippen LogP contribution in [0.2, 0.25) is 0 Å². The van der Waals surface area contributed by atoms with Gasteiger partial charge in [0.2, 0.25) is 0 Å². The van der Waals surface area contributed by atoms with Crippen LogP contribution in [0.4, 0.5) is 5.82 Å². The number of hydrogen-bond acceptors (Lipinski definition) is 5. The van der Waals surface area contributed by atoms with Gasteiger partial charge in [0, 0.05) is 42.0 Å². The number of guanidine groups is 1. The maximum Gasteiger partial charge on any atom is 0.191 e. The van der Waals surface area contributed by atoms with E-state index in [2.05, 4.69) is 76.8 Å². The van der Waals surface area contributed by atoms with Crippen LogP contribution in [-0.4, -0.2) is 54.6 Å². The Balaban J connectivity index is 0.00000289. The summed E-state index contributed by atoms with van der Waals surface area (Å²) in [5.74, 6) is 1.88. The van der Waals surface area contributed by atoms with Crippen molar-refractivity contribution in [1.82, 2.24) is 15.6 Å². The summed E-state index contributed by atoms with van der Waals surface area (Å²) in [7, 11) is 0. The molecule has 1 aromatic carbocycles. The second-order valence-electron chi connectivity index (χ2n) is 8.30. The smallest absolute Gasteiger partial charge is 0.191 e. The first-order valence-electron chi connectivity index (χ1n) is 11.2. The maximum atomic E-state index is 5.62. The van der Waals surface area contributed by atoms with Gasteiger partial charge in [0.25, 0.3) is 0 Å². The van der Waals surface area contributed by atoms with E-state index in [0.29, 0.717) is 6.54 Å². The van der Waals surface area contributed by atoms with Crippen LogP contribution in [0.1, 0.15) is 32.3 Å². The molecule has 2 fully saturated rings. The van der Waals surface area contributed by atoms with Gasteiger partial charge in [-0.3, -0.25) is 0 Å².